The molecule has 0 fully saturated rings. The molecule has 2 aliphatic heterocycles. The minimum atomic E-state index is -0.300. The van der Waals surface area contributed by atoms with Crippen LogP contribution in [-0.2, 0) is 22.6 Å². The molecular formula is C29H31ClFN3O5. The van der Waals surface area contributed by atoms with Gasteiger partial charge in [0.2, 0.25) is 0 Å². The topological polar surface area (TPSA) is 65.0 Å². The van der Waals surface area contributed by atoms with E-state index in [1.54, 1.807) is 20.3 Å². The van der Waals surface area contributed by atoms with E-state index in [2.05, 4.69) is 9.80 Å². The van der Waals surface area contributed by atoms with E-state index in [0.29, 0.717) is 55.2 Å². The maximum atomic E-state index is 13.6. The molecule has 0 amide bonds. The van der Waals surface area contributed by atoms with Crippen LogP contribution in [0.3, 0.4) is 0 Å². The normalized spacial score (nSPS) is 15.5. The number of nitrogens with zero attached hydrogens (tertiary/aromatic N) is 3. The summed E-state index contributed by atoms with van der Waals surface area (Å²) in [7, 11) is 5.29. The van der Waals surface area contributed by atoms with Gasteiger partial charge in [-0.1, -0.05) is 23.7 Å². The first kappa shape index (κ1) is 27.1. The highest BCUT2D eigenvalue weighted by Gasteiger charge is 2.36. The first-order valence-corrected chi connectivity index (χ1v) is 13.0. The highest BCUT2D eigenvalue weighted by Crippen LogP contribution is 2.48. The van der Waals surface area contributed by atoms with E-state index in [-0.39, 0.29) is 18.6 Å². The number of benzene rings is 3. The van der Waals surface area contributed by atoms with Gasteiger partial charge < -0.3 is 33.5 Å². The lowest BCUT2D eigenvalue weighted by atomic mass is 9.99. The fourth-order valence-electron chi connectivity index (χ4n) is 4.80. The second-order valence-corrected chi connectivity index (χ2v) is 9.61. The maximum absolute atomic E-state index is 13.6. The summed E-state index contributed by atoms with van der Waals surface area (Å²) in [5.74, 6) is 1.48. The third-order valence-electron chi connectivity index (χ3n) is 6.67. The number of halogens is 2. The molecule has 0 bridgehead atoms. The molecule has 0 saturated carbocycles. The highest BCUT2D eigenvalue weighted by molar-refractivity contribution is 6.33. The van der Waals surface area contributed by atoms with Crippen LogP contribution in [0.1, 0.15) is 22.9 Å². The molecule has 3 aromatic carbocycles. The Labute approximate surface area is 232 Å². The van der Waals surface area contributed by atoms with Gasteiger partial charge in [0.05, 0.1) is 30.3 Å². The molecule has 0 radical (unpaired) electrons. The summed E-state index contributed by atoms with van der Waals surface area (Å²) >= 11 is 6.84. The Morgan fingerprint density at radius 2 is 1.67 bits per heavy atom. The predicted octanol–water partition coefficient (Wildman–Crippen LogP) is 5.73. The van der Waals surface area contributed by atoms with Crippen molar-refractivity contribution in [2.45, 2.75) is 19.3 Å². The summed E-state index contributed by atoms with van der Waals surface area (Å²) in [6.07, 6.45) is 1.70. The minimum Gasteiger partial charge on any atom is -0.487 e. The number of rotatable bonds is 11. The zero-order valence-electron chi connectivity index (χ0n) is 22.2. The zero-order valence-corrected chi connectivity index (χ0v) is 22.9. The fourth-order valence-corrected chi connectivity index (χ4v) is 5.07. The van der Waals surface area contributed by atoms with Crippen LogP contribution in [0.25, 0.3) is 0 Å². The molecule has 1 atom stereocenters. The van der Waals surface area contributed by atoms with Crippen LogP contribution < -0.4 is 19.1 Å². The SMILES string of the molecule is COCCOc1cc2c(cc1OCCOC)C1N(C=N2)Cc2c(ccc(OCc3cccc(F)c3)c2Cl)N1C. The van der Waals surface area contributed by atoms with Crippen molar-refractivity contribution < 1.29 is 28.1 Å². The zero-order chi connectivity index (χ0) is 27.4. The van der Waals surface area contributed by atoms with Gasteiger partial charge in [0, 0.05) is 50.7 Å². The lowest BCUT2D eigenvalue weighted by Gasteiger charge is -2.45. The van der Waals surface area contributed by atoms with Crippen LogP contribution in [0.15, 0.2) is 53.5 Å². The van der Waals surface area contributed by atoms with E-state index in [0.717, 1.165) is 28.1 Å². The van der Waals surface area contributed by atoms with Gasteiger partial charge in [-0.05, 0) is 35.9 Å². The Kier molecular flexibility index (Phi) is 8.40. The van der Waals surface area contributed by atoms with Crippen LogP contribution in [0, 0.1) is 5.82 Å². The van der Waals surface area contributed by atoms with Gasteiger partial charge in [0.25, 0.3) is 0 Å². The van der Waals surface area contributed by atoms with E-state index in [9.17, 15) is 4.39 Å². The standard InChI is InChI=1S/C29H31ClFN3O5/c1-33-24-7-8-25(39-17-19-5-4-6-20(31)13-19)28(30)22(24)16-34-18-32-23-15-27(38-12-10-36-3)26(37-11-9-35-2)14-21(23)29(33)34/h4-8,13-15,18,29H,9-12,16-17H2,1-3H3. The van der Waals surface area contributed by atoms with E-state index < -0.39 is 0 Å². The van der Waals surface area contributed by atoms with Crippen molar-refractivity contribution in [1.29, 1.82) is 0 Å². The van der Waals surface area contributed by atoms with Gasteiger partial charge in [0.15, 0.2) is 11.5 Å². The van der Waals surface area contributed by atoms with Crippen molar-refractivity contribution in [3.8, 4) is 17.2 Å². The van der Waals surface area contributed by atoms with E-state index in [1.165, 1.54) is 12.1 Å². The Balaban J connectivity index is 1.42. The van der Waals surface area contributed by atoms with Crippen molar-refractivity contribution in [1.82, 2.24) is 4.90 Å². The summed E-state index contributed by atoms with van der Waals surface area (Å²) in [4.78, 5) is 9.00. The number of hydrogen-bond donors (Lipinski definition) is 0. The maximum Gasteiger partial charge on any atom is 0.163 e. The third-order valence-corrected chi connectivity index (χ3v) is 7.09. The van der Waals surface area contributed by atoms with Gasteiger partial charge in [-0.15, -0.1) is 0 Å². The number of aliphatic imine (C=N–C) groups is 1. The van der Waals surface area contributed by atoms with Crippen LogP contribution in [0.4, 0.5) is 15.8 Å². The molecule has 10 heteroatoms. The molecule has 5 rings (SSSR count). The van der Waals surface area contributed by atoms with Crippen molar-refractivity contribution in [2.24, 2.45) is 4.99 Å². The second-order valence-electron chi connectivity index (χ2n) is 9.24. The van der Waals surface area contributed by atoms with Crippen LogP contribution in [0.2, 0.25) is 5.02 Å². The first-order chi connectivity index (χ1) is 19.0. The summed E-state index contributed by atoms with van der Waals surface area (Å²) in [6, 6.07) is 14.1. The van der Waals surface area contributed by atoms with E-state index >= 15 is 0 Å². The first-order valence-electron chi connectivity index (χ1n) is 12.6. The van der Waals surface area contributed by atoms with Gasteiger partial charge in [-0.3, -0.25) is 0 Å². The van der Waals surface area contributed by atoms with Gasteiger partial charge >= 0.3 is 0 Å². The molecule has 2 heterocycles. The summed E-state index contributed by atoms with van der Waals surface area (Å²) in [6.45, 7) is 2.45. The molecule has 0 aromatic heterocycles. The molecule has 0 N–H and O–H groups in total. The quantitative estimate of drug-likeness (QED) is 0.280. The predicted molar refractivity (Wildman–Crippen MR) is 148 cm³/mol. The van der Waals surface area contributed by atoms with Crippen LogP contribution in [-0.4, -0.2) is 58.9 Å². The average Bonchev–Trinajstić information content (AvgIpc) is 2.93. The molecule has 0 aliphatic carbocycles. The lowest BCUT2D eigenvalue weighted by Crippen LogP contribution is -2.44. The molecular weight excluding hydrogens is 525 g/mol. The van der Waals surface area contributed by atoms with Crippen molar-refractivity contribution in [2.75, 3.05) is 52.6 Å². The molecule has 3 aromatic rings. The molecule has 206 valence electrons. The van der Waals surface area contributed by atoms with Crippen molar-refractivity contribution in [3.05, 3.63) is 76.1 Å². The summed E-state index contributed by atoms with van der Waals surface area (Å²) in [5.41, 5.74) is 4.44. The number of hydrogen-bond acceptors (Lipinski definition) is 8. The minimum absolute atomic E-state index is 0.127. The monoisotopic (exact) mass is 555 g/mol. The number of ether oxygens (including phenoxy) is 5. The molecule has 2 aliphatic rings. The van der Waals surface area contributed by atoms with E-state index in [1.807, 2.05) is 43.7 Å². The lowest BCUT2D eigenvalue weighted by molar-refractivity contribution is 0.132. The smallest absolute Gasteiger partial charge is 0.163 e. The number of methoxy groups -OCH3 is 2. The summed E-state index contributed by atoms with van der Waals surface area (Å²) < 4.78 is 41.8. The molecule has 8 nitrogen and oxygen atoms in total. The molecule has 39 heavy (non-hydrogen) atoms. The third kappa shape index (κ3) is 5.75. The van der Waals surface area contributed by atoms with Crippen molar-refractivity contribution >= 4 is 29.3 Å². The van der Waals surface area contributed by atoms with Crippen LogP contribution >= 0.6 is 11.6 Å². The van der Waals surface area contributed by atoms with Crippen LogP contribution in [0.5, 0.6) is 17.2 Å². The largest absolute Gasteiger partial charge is 0.487 e. The molecule has 0 saturated heterocycles. The second kappa shape index (κ2) is 12.1. The Bertz CT molecular complexity index is 1350. The van der Waals surface area contributed by atoms with Gasteiger partial charge in [0.1, 0.15) is 37.6 Å². The fraction of sp³-hybridized carbons (Fsp3) is 0.345. The molecule has 1 unspecified atom stereocenters. The Morgan fingerprint density at radius 3 is 2.38 bits per heavy atom. The molecule has 0 spiro atoms. The number of fused-ring (bicyclic) bond motifs is 4. The van der Waals surface area contributed by atoms with E-state index in [4.69, 9.17) is 40.3 Å². The van der Waals surface area contributed by atoms with Gasteiger partial charge in [-0.25, -0.2) is 9.38 Å². The Hall–Kier alpha value is -3.53. The summed E-state index contributed by atoms with van der Waals surface area (Å²) in [5, 5.41) is 0.527. The average molecular weight is 556 g/mol. The number of anilines is 1. The van der Waals surface area contributed by atoms with Gasteiger partial charge in [-0.2, -0.15) is 0 Å². The van der Waals surface area contributed by atoms with Crippen molar-refractivity contribution in [3.63, 3.8) is 0 Å². The highest BCUT2D eigenvalue weighted by atomic mass is 35.5. The Morgan fingerprint density at radius 1 is 0.923 bits per heavy atom.